The minimum atomic E-state index is -0.0278. The van der Waals surface area contributed by atoms with Gasteiger partial charge in [0.15, 0.2) is 0 Å². The van der Waals surface area contributed by atoms with Gasteiger partial charge in [-0.25, -0.2) is 0 Å². The third-order valence-electron chi connectivity index (χ3n) is 1.54. The van der Waals surface area contributed by atoms with Gasteiger partial charge in [0.1, 0.15) is 0 Å². The van der Waals surface area contributed by atoms with Crippen LogP contribution in [0.4, 0.5) is 0 Å². The highest BCUT2D eigenvalue weighted by Crippen LogP contribution is 2.22. The lowest BCUT2D eigenvalue weighted by Gasteiger charge is -2.19. The molecule has 3 radical (unpaired) electrons. The van der Waals surface area contributed by atoms with Crippen molar-refractivity contribution in [2.75, 3.05) is 12.5 Å². The first-order chi connectivity index (χ1) is 4.86. The predicted octanol–water partition coefficient (Wildman–Crippen LogP) is 3.91. The minimum absolute atomic E-state index is 0. The average molecular weight is 226 g/mol. The fraction of sp³-hybridized carbons (Fsp3) is 1.00. The number of halogens is 1. The minimum Gasteiger partial charge on any atom is -0.120 e. The fourth-order valence-electron chi connectivity index (χ4n) is 0. The summed E-state index contributed by atoms with van der Waals surface area (Å²) < 4.78 is 0. The van der Waals surface area contributed by atoms with Gasteiger partial charge in [-0.15, -0.1) is 11.6 Å². The lowest BCUT2D eigenvalue weighted by molar-refractivity contribution is 0.494. The van der Waals surface area contributed by atoms with Gasteiger partial charge in [-0.05, 0) is 32.3 Å². The van der Waals surface area contributed by atoms with Crippen molar-refractivity contribution in [2.24, 2.45) is 5.92 Å². The molecule has 0 aromatic heterocycles. The van der Waals surface area contributed by atoms with E-state index in [1.807, 2.05) is 13.8 Å². The Balaban J connectivity index is -0.000000142. The standard InChI is InChI=1S/C6H13Cl.C2H6S2.B/c1-5(2)6(3,4)7;1-3-4-2;/h5H,1-4H3;1-2H3;. The molecule has 0 aromatic carbocycles. The van der Waals surface area contributed by atoms with Gasteiger partial charge in [-0.1, -0.05) is 35.4 Å². The molecule has 0 heterocycles. The van der Waals surface area contributed by atoms with E-state index in [9.17, 15) is 0 Å². The summed E-state index contributed by atoms with van der Waals surface area (Å²) in [5.74, 6) is 0.564. The molecule has 0 saturated heterocycles. The van der Waals surface area contributed by atoms with Gasteiger partial charge in [0.05, 0.1) is 0 Å². The third-order valence-corrected chi connectivity index (χ3v) is 3.31. The fourth-order valence-corrected chi connectivity index (χ4v) is 0. The van der Waals surface area contributed by atoms with Crippen molar-refractivity contribution >= 4 is 41.6 Å². The van der Waals surface area contributed by atoms with Crippen LogP contribution in [0.25, 0.3) is 0 Å². The van der Waals surface area contributed by atoms with E-state index >= 15 is 0 Å². The first-order valence-corrected chi connectivity index (χ1v) is 6.96. The van der Waals surface area contributed by atoms with Crippen LogP contribution < -0.4 is 0 Å². The van der Waals surface area contributed by atoms with Crippen molar-refractivity contribution < 1.29 is 0 Å². The van der Waals surface area contributed by atoms with Crippen molar-refractivity contribution in [3.8, 4) is 0 Å². The Labute approximate surface area is 92.6 Å². The van der Waals surface area contributed by atoms with E-state index in [0.29, 0.717) is 5.92 Å². The quantitative estimate of drug-likeness (QED) is 0.397. The van der Waals surface area contributed by atoms with Gasteiger partial charge in [-0.2, -0.15) is 0 Å². The van der Waals surface area contributed by atoms with Crippen LogP contribution in [0.2, 0.25) is 0 Å². The zero-order chi connectivity index (χ0) is 9.49. The maximum absolute atomic E-state index is 5.87. The van der Waals surface area contributed by atoms with E-state index in [2.05, 4.69) is 26.4 Å². The van der Waals surface area contributed by atoms with E-state index in [4.69, 9.17) is 11.6 Å². The molecule has 73 valence electrons. The molecular formula is C8H19BClS2. The predicted molar refractivity (Wildman–Crippen MR) is 67.6 cm³/mol. The smallest absolute Gasteiger partial charge is 0.0413 e. The highest BCUT2D eigenvalue weighted by molar-refractivity contribution is 8.76. The molecule has 0 nitrogen and oxygen atoms in total. The van der Waals surface area contributed by atoms with Crippen molar-refractivity contribution in [2.45, 2.75) is 32.6 Å². The summed E-state index contributed by atoms with van der Waals surface area (Å²) in [6.45, 7) is 8.29. The highest BCUT2D eigenvalue weighted by Gasteiger charge is 2.16. The van der Waals surface area contributed by atoms with Crippen LogP contribution in [0.3, 0.4) is 0 Å². The Morgan fingerprint density at radius 1 is 1.08 bits per heavy atom. The molecular weight excluding hydrogens is 206 g/mol. The SMILES string of the molecule is CC(C)C(C)(C)Cl.CSSC.[B]. The Bertz CT molecular complexity index is 79.6. The molecule has 0 spiro atoms. The number of hydrogen-bond acceptors (Lipinski definition) is 2. The summed E-state index contributed by atoms with van der Waals surface area (Å²) in [6, 6.07) is 0. The summed E-state index contributed by atoms with van der Waals surface area (Å²) in [5.41, 5.74) is 0. The topological polar surface area (TPSA) is 0 Å². The summed E-state index contributed by atoms with van der Waals surface area (Å²) in [5, 5.41) is 0. The van der Waals surface area contributed by atoms with Crippen LogP contribution in [0.5, 0.6) is 0 Å². The number of alkyl halides is 1. The van der Waals surface area contributed by atoms with E-state index in [1.54, 1.807) is 21.6 Å². The van der Waals surface area contributed by atoms with Gasteiger partial charge in [0.25, 0.3) is 0 Å². The normalized spacial score (nSPS) is 10.0. The van der Waals surface area contributed by atoms with Crippen molar-refractivity contribution in [1.82, 2.24) is 0 Å². The average Bonchev–Trinajstić information content (AvgIpc) is 1.87. The van der Waals surface area contributed by atoms with Crippen molar-refractivity contribution in [3.63, 3.8) is 0 Å². The molecule has 0 aliphatic carbocycles. The highest BCUT2D eigenvalue weighted by atomic mass is 35.5. The molecule has 0 rings (SSSR count). The number of rotatable bonds is 2. The molecule has 0 amide bonds. The first-order valence-electron chi connectivity index (χ1n) is 3.62. The van der Waals surface area contributed by atoms with Crippen LogP contribution in [-0.4, -0.2) is 25.8 Å². The molecule has 0 fully saturated rings. The maximum atomic E-state index is 5.87. The Kier molecular flexibility index (Phi) is 15.9. The van der Waals surface area contributed by atoms with Crippen LogP contribution >= 0.6 is 33.2 Å². The van der Waals surface area contributed by atoms with Gasteiger partial charge >= 0.3 is 0 Å². The summed E-state index contributed by atoms with van der Waals surface area (Å²) >= 11 is 5.87. The van der Waals surface area contributed by atoms with Gasteiger partial charge in [-0.3, -0.25) is 0 Å². The van der Waals surface area contributed by atoms with E-state index < -0.39 is 0 Å². The van der Waals surface area contributed by atoms with Gasteiger partial charge in [0, 0.05) is 13.3 Å². The second-order valence-electron chi connectivity index (χ2n) is 3.05. The summed E-state index contributed by atoms with van der Waals surface area (Å²) in [4.78, 5) is -0.0278. The van der Waals surface area contributed by atoms with E-state index in [1.165, 1.54) is 0 Å². The lowest BCUT2D eigenvalue weighted by Crippen LogP contribution is -2.18. The number of hydrogen-bond donors (Lipinski definition) is 0. The first kappa shape index (κ1) is 18.8. The molecule has 0 N–H and O–H groups in total. The van der Waals surface area contributed by atoms with Crippen LogP contribution in [0.15, 0.2) is 0 Å². The van der Waals surface area contributed by atoms with Crippen molar-refractivity contribution in [1.29, 1.82) is 0 Å². The molecule has 12 heavy (non-hydrogen) atoms. The second kappa shape index (κ2) is 10.1. The molecule has 0 atom stereocenters. The Morgan fingerprint density at radius 3 is 1.25 bits per heavy atom. The second-order valence-corrected chi connectivity index (χ2v) is 6.69. The van der Waals surface area contributed by atoms with E-state index in [-0.39, 0.29) is 13.3 Å². The Morgan fingerprint density at radius 2 is 1.25 bits per heavy atom. The maximum Gasteiger partial charge on any atom is 0.0413 e. The molecule has 0 saturated carbocycles. The molecule has 0 unspecified atom stereocenters. The molecule has 0 aromatic rings. The molecule has 4 heteroatoms. The Hall–Kier alpha value is 1.05. The molecule has 0 bridgehead atoms. The molecule has 0 aliphatic heterocycles. The molecule has 0 aliphatic rings. The summed E-state index contributed by atoms with van der Waals surface area (Å²) in [7, 11) is 3.55. The zero-order valence-corrected chi connectivity index (χ0v) is 11.2. The zero-order valence-electron chi connectivity index (χ0n) is 8.85. The van der Waals surface area contributed by atoms with E-state index in [0.717, 1.165) is 0 Å². The van der Waals surface area contributed by atoms with Gasteiger partial charge < -0.3 is 0 Å². The van der Waals surface area contributed by atoms with Crippen LogP contribution in [0.1, 0.15) is 27.7 Å². The van der Waals surface area contributed by atoms with Crippen LogP contribution in [-0.2, 0) is 0 Å². The van der Waals surface area contributed by atoms with Crippen molar-refractivity contribution in [3.05, 3.63) is 0 Å². The summed E-state index contributed by atoms with van der Waals surface area (Å²) in [6.07, 6.45) is 4.12. The monoisotopic (exact) mass is 225 g/mol. The van der Waals surface area contributed by atoms with Gasteiger partial charge in [0.2, 0.25) is 0 Å². The largest absolute Gasteiger partial charge is 0.120 e. The van der Waals surface area contributed by atoms with Crippen LogP contribution in [0, 0.1) is 5.92 Å². The lowest BCUT2D eigenvalue weighted by atomic mass is 10.00. The third kappa shape index (κ3) is 17.2.